The maximum absolute atomic E-state index is 12.7. The lowest BCUT2D eigenvalue weighted by molar-refractivity contribution is -0.272. The van der Waals surface area contributed by atoms with Crippen molar-refractivity contribution in [1.82, 2.24) is 0 Å². The third kappa shape index (κ3) is 5.72. The molecule has 2 aliphatic rings. The molecular formula is C25H32O12. The predicted octanol–water partition coefficient (Wildman–Crippen LogP) is 0.475. The Hall–Kier alpha value is -3.19. The lowest BCUT2D eigenvalue weighted by atomic mass is 9.94. The summed E-state index contributed by atoms with van der Waals surface area (Å²) in [6.45, 7) is 3.57. The first kappa shape index (κ1) is 28.4. The number of hydrogen-bond acceptors (Lipinski definition) is 12. The number of hydrogen-bond donors (Lipinski definition) is 3. The third-order valence-corrected chi connectivity index (χ3v) is 6.47. The summed E-state index contributed by atoms with van der Waals surface area (Å²) in [6.07, 6.45) is -6.01. The summed E-state index contributed by atoms with van der Waals surface area (Å²) in [5.41, 5.74) is 2.54. The van der Waals surface area contributed by atoms with Gasteiger partial charge in [-0.1, -0.05) is 11.6 Å². The fraction of sp³-hybridized carbons (Fsp3) is 0.560. The highest BCUT2D eigenvalue weighted by Gasteiger charge is 2.49. The zero-order chi connectivity index (χ0) is 27.4. The number of allylic oxidation sites excluding steroid dienone is 2. The minimum Gasteiger partial charge on any atom is -0.496 e. The van der Waals surface area contributed by atoms with E-state index in [0.29, 0.717) is 28.9 Å². The molecule has 0 bridgehead atoms. The topological polar surface area (TPSA) is 167 Å². The van der Waals surface area contributed by atoms with Crippen molar-refractivity contribution in [2.24, 2.45) is 0 Å². The number of ether oxygens (including phenoxy) is 6. The molecule has 2 unspecified atom stereocenters. The quantitative estimate of drug-likeness (QED) is 0.232. The Labute approximate surface area is 213 Å². The van der Waals surface area contributed by atoms with Gasteiger partial charge in [0.05, 0.1) is 21.3 Å². The molecule has 0 spiro atoms. The first-order chi connectivity index (χ1) is 17.5. The lowest BCUT2D eigenvalue weighted by Crippen LogP contribution is -2.61. The molecule has 0 radical (unpaired) electrons. The van der Waals surface area contributed by atoms with Crippen LogP contribution in [0.15, 0.2) is 11.6 Å². The number of benzene rings is 1. The van der Waals surface area contributed by atoms with Gasteiger partial charge in [-0.05, 0) is 32.3 Å². The minimum atomic E-state index is -1.81. The molecule has 0 saturated carbocycles. The summed E-state index contributed by atoms with van der Waals surface area (Å²) < 4.78 is 31.6. The highest BCUT2D eigenvalue weighted by atomic mass is 16.7. The van der Waals surface area contributed by atoms with Gasteiger partial charge < -0.3 is 43.7 Å². The van der Waals surface area contributed by atoms with Crippen LogP contribution in [0.25, 0.3) is 0 Å². The summed E-state index contributed by atoms with van der Waals surface area (Å²) in [6, 6.07) is 0. The first-order valence-corrected chi connectivity index (χ1v) is 11.6. The van der Waals surface area contributed by atoms with Gasteiger partial charge >= 0.3 is 17.9 Å². The molecule has 2 aliphatic heterocycles. The van der Waals surface area contributed by atoms with Gasteiger partial charge in [0.15, 0.2) is 6.10 Å². The van der Waals surface area contributed by atoms with E-state index in [1.54, 1.807) is 6.92 Å². The van der Waals surface area contributed by atoms with Gasteiger partial charge in [-0.25, -0.2) is 9.59 Å². The second kappa shape index (κ2) is 11.9. The number of rotatable bonds is 9. The van der Waals surface area contributed by atoms with Gasteiger partial charge in [0, 0.05) is 17.5 Å². The number of cyclic esters (lactones) is 1. The molecule has 3 rings (SSSR count). The van der Waals surface area contributed by atoms with Crippen LogP contribution >= 0.6 is 0 Å². The van der Waals surface area contributed by atoms with Crippen LogP contribution in [0, 0.1) is 6.92 Å². The lowest BCUT2D eigenvalue weighted by Gasteiger charge is -2.39. The van der Waals surface area contributed by atoms with Crippen molar-refractivity contribution in [3.8, 4) is 11.5 Å². The summed E-state index contributed by atoms with van der Waals surface area (Å²) >= 11 is 0. The number of carbonyl (C=O) groups excluding carboxylic acids is 3. The van der Waals surface area contributed by atoms with Gasteiger partial charge in [0.1, 0.15) is 42.0 Å². The van der Waals surface area contributed by atoms with Gasteiger partial charge in [-0.3, -0.25) is 4.79 Å². The molecular weight excluding hydrogens is 492 g/mol. The SMILES string of the molecule is COC(=O)CC/C(C)=C/Cc1c(OC)c(C)c2c(c1O[C@@H]1OC(C(=O)OC)[C@H](O)[C@H](O)C1O)C(=O)OC2. The molecule has 2 heterocycles. The Balaban J connectivity index is 2.05. The smallest absolute Gasteiger partial charge is 0.342 e. The Bertz CT molecular complexity index is 1080. The Morgan fingerprint density at radius 1 is 1.03 bits per heavy atom. The Kier molecular flexibility index (Phi) is 9.13. The molecule has 0 aromatic heterocycles. The summed E-state index contributed by atoms with van der Waals surface area (Å²) in [4.78, 5) is 36.3. The molecule has 12 heteroatoms. The monoisotopic (exact) mass is 524 g/mol. The Morgan fingerprint density at radius 3 is 2.35 bits per heavy atom. The van der Waals surface area contributed by atoms with Crippen molar-refractivity contribution < 1.29 is 58.1 Å². The molecule has 204 valence electrons. The van der Waals surface area contributed by atoms with E-state index in [-0.39, 0.29) is 36.7 Å². The molecule has 1 aromatic rings. The largest absolute Gasteiger partial charge is 0.496 e. The third-order valence-electron chi connectivity index (χ3n) is 6.47. The summed E-state index contributed by atoms with van der Waals surface area (Å²) in [5.74, 6) is -1.62. The fourth-order valence-corrected chi connectivity index (χ4v) is 4.29. The highest BCUT2D eigenvalue weighted by Crippen LogP contribution is 2.44. The molecule has 1 fully saturated rings. The van der Waals surface area contributed by atoms with E-state index >= 15 is 0 Å². The number of methoxy groups -OCH3 is 3. The van der Waals surface area contributed by atoms with Crippen LogP contribution < -0.4 is 9.47 Å². The fourth-order valence-electron chi connectivity index (χ4n) is 4.29. The van der Waals surface area contributed by atoms with E-state index in [4.69, 9.17) is 18.9 Å². The summed E-state index contributed by atoms with van der Waals surface area (Å²) in [7, 11) is 3.84. The van der Waals surface area contributed by atoms with Crippen LogP contribution in [-0.4, -0.2) is 85.3 Å². The zero-order valence-electron chi connectivity index (χ0n) is 21.3. The standard InChI is InChI=1S/C25H32O12/c1-11(7-9-15(26)32-3)6-8-13-20(33-4)12(2)14-10-35-23(30)16(14)21(13)36-25-19(29)17(27)18(28)22(37-25)24(31)34-5/h6,17-19,22,25,27-29H,7-10H2,1-5H3/b11-6+/t17-,18+,19?,22?,25+/m0/s1. The summed E-state index contributed by atoms with van der Waals surface area (Å²) in [5, 5.41) is 31.1. The first-order valence-electron chi connectivity index (χ1n) is 11.6. The second-order valence-corrected chi connectivity index (χ2v) is 8.76. The van der Waals surface area contributed by atoms with Crippen molar-refractivity contribution in [3.05, 3.63) is 33.9 Å². The van der Waals surface area contributed by atoms with E-state index in [9.17, 15) is 29.7 Å². The molecule has 3 N–H and O–H groups in total. The average Bonchev–Trinajstić information content (AvgIpc) is 3.28. The maximum atomic E-state index is 12.7. The number of fused-ring (bicyclic) bond motifs is 1. The Morgan fingerprint density at radius 2 is 1.73 bits per heavy atom. The molecule has 37 heavy (non-hydrogen) atoms. The van der Waals surface area contributed by atoms with Gasteiger partial charge in [-0.2, -0.15) is 0 Å². The van der Waals surface area contributed by atoms with Crippen LogP contribution in [0.4, 0.5) is 0 Å². The van der Waals surface area contributed by atoms with Crippen LogP contribution in [0.2, 0.25) is 0 Å². The average molecular weight is 525 g/mol. The zero-order valence-corrected chi connectivity index (χ0v) is 21.3. The van der Waals surface area contributed by atoms with Crippen LogP contribution in [0.5, 0.6) is 11.5 Å². The number of aliphatic hydroxyl groups is 3. The van der Waals surface area contributed by atoms with Crippen LogP contribution in [0.3, 0.4) is 0 Å². The van der Waals surface area contributed by atoms with E-state index in [1.807, 2.05) is 13.0 Å². The number of carbonyl (C=O) groups is 3. The molecule has 5 atom stereocenters. The predicted molar refractivity (Wildman–Crippen MR) is 125 cm³/mol. The molecule has 0 amide bonds. The highest BCUT2D eigenvalue weighted by molar-refractivity contribution is 5.98. The van der Waals surface area contributed by atoms with Crippen molar-refractivity contribution in [2.45, 2.75) is 70.4 Å². The normalized spacial score (nSPS) is 25.2. The molecule has 1 saturated heterocycles. The van der Waals surface area contributed by atoms with E-state index in [0.717, 1.165) is 12.7 Å². The second-order valence-electron chi connectivity index (χ2n) is 8.76. The van der Waals surface area contributed by atoms with Gasteiger partial charge in [-0.15, -0.1) is 0 Å². The van der Waals surface area contributed by atoms with E-state index in [2.05, 4.69) is 9.47 Å². The van der Waals surface area contributed by atoms with Gasteiger partial charge in [0.25, 0.3) is 0 Å². The van der Waals surface area contributed by atoms with Crippen LogP contribution in [-0.2, 0) is 41.6 Å². The van der Waals surface area contributed by atoms with E-state index < -0.39 is 42.6 Å². The maximum Gasteiger partial charge on any atom is 0.342 e. The van der Waals surface area contributed by atoms with Crippen LogP contribution in [0.1, 0.15) is 46.8 Å². The van der Waals surface area contributed by atoms with Crippen molar-refractivity contribution in [3.63, 3.8) is 0 Å². The number of esters is 3. The molecule has 1 aromatic carbocycles. The van der Waals surface area contributed by atoms with Crippen molar-refractivity contribution >= 4 is 17.9 Å². The van der Waals surface area contributed by atoms with E-state index in [1.165, 1.54) is 14.2 Å². The molecule has 12 nitrogen and oxygen atoms in total. The van der Waals surface area contributed by atoms with Gasteiger partial charge in [0.2, 0.25) is 6.29 Å². The number of aliphatic hydroxyl groups excluding tert-OH is 3. The molecule has 0 aliphatic carbocycles. The minimum absolute atomic E-state index is 0.0202. The van der Waals surface area contributed by atoms with Crippen molar-refractivity contribution in [2.75, 3.05) is 21.3 Å². The van der Waals surface area contributed by atoms with Crippen molar-refractivity contribution in [1.29, 1.82) is 0 Å².